The molecule has 0 saturated carbocycles. The van der Waals surface area contributed by atoms with Crippen LogP contribution in [0.4, 0.5) is 0 Å². The molecule has 2 N–H and O–H groups in total. The highest BCUT2D eigenvalue weighted by molar-refractivity contribution is 6.32. The fourth-order valence-electron chi connectivity index (χ4n) is 1.62. The zero-order valence-electron chi connectivity index (χ0n) is 11.5. The third kappa shape index (κ3) is 5.49. The van der Waals surface area contributed by atoms with Gasteiger partial charge in [0.2, 0.25) is 0 Å². The van der Waals surface area contributed by atoms with E-state index in [4.69, 9.17) is 21.4 Å². The molecule has 1 aromatic carbocycles. The molecule has 0 unspecified atom stereocenters. The molecule has 106 valence electrons. The number of aliphatic hydroxyl groups is 1. The fourth-order valence-corrected chi connectivity index (χ4v) is 1.79. The van der Waals surface area contributed by atoms with Gasteiger partial charge in [0, 0.05) is 12.1 Å². The van der Waals surface area contributed by atoms with Gasteiger partial charge in [-0.1, -0.05) is 17.7 Å². The number of nitrogens with one attached hydrogen (secondary N) is 1. The number of hydrogen-bond acceptors (Lipinski definition) is 3. The molecule has 0 aromatic heterocycles. The molecule has 0 bridgehead atoms. The van der Waals surface area contributed by atoms with Gasteiger partial charge >= 0.3 is 0 Å². The molecule has 0 saturated heterocycles. The van der Waals surface area contributed by atoms with Gasteiger partial charge in [-0.05, 0) is 44.9 Å². The number of halogens is 1. The molecule has 0 fully saturated rings. The second-order valence-corrected chi connectivity index (χ2v) is 5.54. The highest BCUT2D eigenvalue weighted by Gasteiger charge is 2.19. The first-order chi connectivity index (χ1) is 8.84. The van der Waals surface area contributed by atoms with Crippen molar-refractivity contribution in [1.82, 2.24) is 5.32 Å². The minimum absolute atomic E-state index is 0.0256. The van der Waals surface area contributed by atoms with Gasteiger partial charge in [0.05, 0.1) is 5.02 Å². The summed E-state index contributed by atoms with van der Waals surface area (Å²) in [5.41, 5.74) is 0.561. The van der Waals surface area contributed by atoms with Crippen LogP contribution in [0.5, 0.6) is 5.75 Å². The van der Waals surface area contributed by atoms with Crippen molar-refractivity contribution < 1.29 is 14.6 Å². The lowest BCUT2D eigenvalue weighted by Gasteiger charge is -2.25. The van der Waals surface area contributed by atoms with Crippen LogP contribution < -0.4 is 10.1 Å². The number of amides is 1. The number of carbonyl (C=O) groups is 1. The van der Waals surface area contributed by atoms with E-state index in [2.05, 4.69) is 5.32 Å². The summed E-state index contributed by atoms with van der Waals surface area (Å²) < 4.78 is 5.40. The molecule has 1 rings (SSSR count). The molecule has 0 atom stereocenters. The van der Waals surface area contributed by atoms with Crippen LogP contribution in [-0.4, -0.2) is 29.8 Å². The first kappa shape index (κ1) is 15.8. The largest absolute Gasteiger partial charge is 0.482 e. The molecule has 0 aliphatic rings. The van der Waals surface area contributed by atoms with Crippen molar-refractivity contribution in [1.29, 1.82) is 0 Å². The Labute approximate surface area is 118 Å². The number of benzene rings is 1. The summed E-state index contributed by atoms with van der Waals surface area (Å²) in [4.78, 5) is 11.7. The average Bonchev–Trinajstić information content (AvgIpc) is 2.29. The first-order valence-corrected chi connectivity index (χ1v) is 6.53. The Morgan fingerprint density at radius 1 is 1.47 bits per heavy atom. The number of hydrogen-bond donors (Lipinski definition) is 2. The minimum atomic E-state index is -0.453. The quantitative estimate of drug-likeness (QED) is 0.843. The summed E-state index contributed by atoms with van der Waals surface area (Å²) in [5.74, 6) is 0.257. The molecular formula is C14H20ClNO3. The van der Waals surface area contributed by atoms with Gasteiger partial charge in [-0.2, -0.15) is 0 Å². The van der Waals surface area contributed by atoms with Crippen molar-refractivity contribution in [3.05, 3.63) is 28.8 Å². The van der Waals surface area contributed by atoms with Crippen molar-refractivity contribution in [3.63, 3.8) is 0 Å². The lowest BCUT2D eigenvalue weighted by molar-refractivity contribution is -0.124. The normalized spacial score (nSPS) is 11.2. The topological polar surface area (TPSA) is 58.6 Å². The Morgan fingerprint density at radius 2 is 2.16 bits per heavy atom. The SMILES string of the molecule is Cc1ccc(Cl)c(OCC(=O)NC(C)(C)CCO)c1. The van der Waals surface area contributed by atoms with Crippen LogP contribution in [0, 0.1) is 6.92 Å². The van der Waals surface area contributed by atoms with Crippen LogP contribution in [0.15, 0.2) is 18.2 Å². The van der Waals surface area contributed by atoms with E-state index in [1.807, 2.05) is 26.8 Å². The van der Waals surface area contributed by atoms with Crippen LogP contribution in [0.2, 0.25) is 5.02 Å². The van der Waals surface area contributed by atoms with Gasteiger partial charge in [0.25, 0.3) is 5.91 Å². The predicted octanol–water partition coefficient (Wildman–Crippen LogP) is 2.30. The molecule has 0 aliphatic heterocycles. The van der Waals surface area contributed by atoms with E-state index in [9.17, 15) is 4.79 Å². The monoisotopic (exact) mass is 285 g/mol. The number of carbonyl (C=O) groups excluding carboxylic acids is 1. The molecule has 1 aromatic rings. The Bertz CT molecular complexity index is 446. The van der Waals surface area contributed by atoms with Crippen molar-refractivity contribution in [2.45, 2.75) is 32.7 Å². The van der Waals surface area contributed by atoms with E-state index in [1.54, 1.807) is 12.1 Å². The molecule has 4 nitrogen and oxygen atoms in total. The molecular weight excluding hydrogens is 266 g/mol. The maximum Gasteiger partial charge on any atom is 0.258 e. The molecule has 1 amide bonds. The van der Waals surface area contributed by atoms with Gasteiger partial charge < -0.3 is 15.2 Å². The first-order valence-electron chi connectivity index (χ1n) is 6.15. The van der Waals surface area contributed by atoms with Crippen molar-refractivity contribution in [3.8, 4) is 5.75 Å². The van der Waals surface area contributed by atoms with E-state index in [0.717, 1.165) is 5.56 Å². The Morgan fingerprint density at radius 3 is 2.79 bits per heavy atom. The average molecular weight is 286 g/mol. The predicted molar refractivity (Wildman–Crippen MR) is 75.6 cm³/mol. The molecule has 19 heavy (non-hydrogen) atoms. The summed E-state index contributed by atoms with van der Waals surface area (Å²) in [6.45, 7) is 5.55. The van der Waals surface area contributed by atoms with E-state index in [-0.39, 0.29) is 19.1 Å². The van der Waals surface area contributed by atoms with Crippen molar-refractivity contribution >= 4 is 17.5 Å². The number of aliphatic hydroxyl groups excluding tert-OH is 1. The number of aryl methyl sites for hydroxylation is 1. The Kier molecular flexibility index (Phi) is 5.63. The van der Waals surface area contributed by atoms with Gasteiger partial charge in [-0.3, -0.25) is 4.79 Å². The van der Waals surface area contributed by atoms with Crippen molar-refractivity contribution in [2.75, 3.05) is 13.2 Å². The summed E-state index contributed by atoms with van der Waals surface area (Å²) in [6.07, 6.45) is 0.490. The van der Waals surface area contributed by atoms with Crippen LogP contribution >= 0.6 is 11.6 Å². The highest BCUT2D eigenvalue weighted by atomic mass is 35.5. The zero-order chi connectivity index (χ0) is 14.5. The maximum atomic E-state index is 11.7. The molecule has 0 aliphatic carbocycles. The zero-order valence-corrected chi connectivity index (χ0v) is 12.3. The summed E-state index contributed by atoms with van der Waals surface area (Å²) in [7, 11) is 0. The minimum Gasteiger partial charge on any atom is -0.482 e. The van der Waals surface area contributed by atoms with Crippen molar-refractivity contribution in [2.24, 2.45) is 0 Å². The summed E-state index contributed by atoms with van der Waals surface area (Å²) >= 11 is 5.97. The van der Waals surface area contributed by atoms with Crippen LogP contribution in [0.25, 0.3) is 0 Å². The fraction of sp³-hybridized carbons (Fsp3) is 0.500. The smallest absolute Gasteiger partial charge is 0.258 e. The van der Waals surface area contributed by atoms with Crippen LogP contribution in [-0.2, 0) is 4.79 Å². The molecule has 0 radical (unpaired) electrons. The lowest BCUT2D eigenvalue weighted by atomic mass is 10.0. The van der Waals surface area contributed by atoms with Gasteiger partial charge in [0.1, 0.15) is 5.75 Å². The van der Waals surface area contributed by atoms with Gasteiger partial charge in [-0.15, -0.1) is 0 Å². The van der Waals surface area contributed by atoms with Gasteiger partial charge in [-0.25, -0.2) is 0 Å². The highest BCUT2D eigenvalue weighted by Crippen LogP contribution is 2.25. The maximum absolute atomic E-state index is 11.7. The van der Waals surface area contributed by atoms with Crippen LogP contribution in [0.1, 0.15) is 25.8 Å². The lowest BCUT2D eigenvalue weighted by Crippen LogP contribution is -2.46. The summed E-state index contributed by atoms with van der Waals surface area (Å²) in [6, 6.07) is 5.40. The van der Waals surface area contributed by atoms with Crippen LogP contribution in [0.3, 0.4) is 0 Å². The Balaban J connectivity index is 2.52. The number of rotatable bonds is 6. The molecule has 0 spiro atoms. The second kappa shape index (κ2) is 6.78. The Hall–Kier alpha value is -1.26. The third-order valence-electron chi connectivity index (χ3n) is 2.66. The molecule has 5 heteroatoms. The summed E-state index contributed by atoms with van der Waals surface area (Å²) in [5, 5.41) is 12.2. The second-order valence-electron chi connectivity index (χ2n) is 5.13. The van der Waals surface area contributed by atoms with E-state index < -0.39 is 5.54 Å². The standard InChI is InChI=1S/C14H20ClNO3/c1-10-4-5-11(15)12(8-10)19-9-13(18)16-14(2,3)6-7-17/h4-5,8,17H,6-7,9H2,1-3H3,(H,16,18). The van der Waals surface area contributed by atoms with E-state index in [0.29, 0.717) is 17.2 Å². The van der Waals surface area contributed by atoms with E-state index >= 15 is 0 Å². The third-order valence-corrected chi connectivity index (χ3v) is 2.97. The number of ether oxygens (including phenoxy) is 1. The molecule has 0 heterocycles. The van der Waals surface area contributed by atoms with E-state index in [1.165, 1.54) is 0 Å². The van der Waals surface area contributed by atoms with Gasteiger partial charge in [0.15, 0.2) is 6.61 Å².